The van der Waals surface area contributed by atoms with E-state index in [1.165, 1.54) is 12.1 Å². The Morgan fingerprint density at radius 2 is 1.47 bits per heavy atom. The highest BCUT2D eigenvalue weighted by atomic mass is 35.5. The second-order valence-electron chi connectivity index (χ2n) is 10.2. The first-order valence-electron chi connectivity index (χ1n) is 11.7. The molecule has 0 spiro atoms. The third-order valence-corrected chi connectivity index (χ3v) is 4.94. The van der Waals surface area contributed by atoms with Gasteiger partial charge < -0.3 is 14.8 Å². The van der Waals surface area contributed by atoms with E-state index in [1.54, 1.807) is 59.7 Å². The average Bonchev–Trinajstić information content (AvgIpc) is 2.80. The average molecular weight is 546 g/mol. The molecule has 2 aromatic heterocycles. The normalized spacial score (nSPS) is 11.7. The number of pyridine rings is 1. The van der Waals surface area contributed by atoms with Crippen LogP contribution in [0, 0.1) is 5.82 Å². The standard InChI is InChI=1S/C26H29ClFN5O5/c1-25(2,3)37-23(35)33(24(36)38-26(4,5)6)22-31-19-17(11-8-12-18(19)28)20(32-22)21(34)29-14-16-10-7-9-15(13-27)30-16/h7-12H,13-14H2,1-6H3,(H,29,34). The molecular formula is C26H29ClFN5O5. The Kier molecular flexibility index (Phi) is 8.51. The molecule has 202 valence electrons. The van der Waals surface area contributed by atoms with Crippen molar-refractivity contribution in [3.63, 3.8) is 0 Å². The van der Waals surface area contributed by atoms with Crippen LogP contribution in [0.5, 0.6) is 0 Å². The molecule has 10 nitrogen and oxygen atoms in total. The van der Waals surface area contributed by atoms with E-state index in [-0.39, 0.29) is 29.0 Å². The van der Waals surface area contributed by atoms with Gasteiger partial charge in [-0.3, -0.25) is 9.78 Å². The Balaban J connectivity index is 2.09. The summed E-state index contributed by atoms with van der Waals surface area (Å²) in [6.07, 6.45) is -2.31. The zero-order chi connectivity index (χ0) is 28.3. The van der Waals surface area contributed by atoms with Crippen LogP contribution in [0.4, 0.5) is 19.9 Å². The lowest BCUT2D eigenvalue weighted by molar-refractivity contribution is 0.0426. The molecule has 0 unspecified atom stereocenters. The minimum Gasteiger partial charge on any atom is -0.443 e. The van der Waals surface area contributed by atoms with Crippen molar-refractivity contribution in [2.75, 3.05) is 4.90 Å². The van der Waals surface area contributed by atoms with Gasteiger partial charge >= 0.3 is 12.2 Å². The van der Waals surface area contributed by atoms with Gasteiger partial charge in [0.15, 0.2) is 0 Å². The number of hydrogen-bond donors (Lipinski definition) is 1. The zero-order valence-electron chi connectivity index (χ0n) is 22.0. The van der Waals surface area contributed by atoms with E-state index in [0.29, 0.717) is 16.3 Å². The molecule has 0 fully saturated rings. The highest BCUT2D eigenvalue weighted by molar-refractivity contribution is 6.16. The lowest BCUT2D eigenvalue weighted by Gasteiger charge is -2.27. The summed E-state index contributed by atoms with van der Waals surface area (Å²) in [6.45, 7) is 9.63. The molecule has 0 aliphatic heterocycles. The van der Waals surface area contributed by atoms with Gasteiger partial charge in [0.2, 0.25) is 5.95 Å². The third kappa shape index (κ3) is 7.34. The highest BCUT2D eigenvalue weighted by Gasteiger charge is 2.36. The monoisotopic (exact) mass is 545 g/mol. The molecule has 3 rings (SSSR count). The molecule has 0 radical (unpaired) electrons. The zero-order valence-corrected chi connectivity index (χ0v) is 22.7. The number of benzene rings is 1. The first-order chi connectivity index (χ1) is 17.7. The summed E-state index contributed by atoms with van der Waals surface area (Å²) in [5.41, 5.74) is -1.38. The van der Waals surface area contributed by atoms with E-state index in [1.807, 2.05) is 0 Å². The largest absolute Gasteiger partial charge is 0.443 e. The number of alkyl halides is 1. The number of amides is 3. The number of carbonyl (C=O) groups is 3. The van der Waals surface area contributed by atoms with Crippen LogP contribution in [0.3, 0.4) is 0 Å². The molecule has 12 heteroatoms. The van der Waals surface area contributed by atoms with Crippen LogP contribution >= 0.6 is 11.6 Å². The van der Waals surface area contributed by atoms with Crippen molar-refractivity contribution in [3.05, 3.63) is 59.3 Å². The Labute approximate surface area is 224 Å². The SMILES string of the molecule is CC(C)(C)OC(=O)N(C(=O)OC(C)(C)C)c1nc(C(=O)NCc2cccc(CCl)n2)c2cccc(F)c2n1. The number of halogens is 2. The smallest absolute Gasteiger partial charge is 0.427 e. The van der Waals surface area contributed by atoms with Crippen molar-refractivity contribution in [3.8, 4) is 0 Å². The molecule has 38 heavy (non-hydrogen) atoms. The number of hydrogen-bond acceptors (Lipinski definition) is 8. The van der Waals surface area contributed by atoms with Crippen molar-refractivity contribution < 1.29 is 28.2 Å². The van der Waals surface area contributed by atoms with Gasteiger partial charge in [0.25, 0.3) is 5.91 Å². The van der Waals surface area contributed by atoms with Gasteiger partial charge in [0, 0.05) is 5.39 Å². The van der Waals surface area contributed by atoms with E-state index >= 15 is 0 Å². The summed E-state index contributed by atoms with van der Waals surface area (Å²) in [6, 6.07) is 9.17. The van der Waals surface area contributed by atoms with Gasteiger partial charge in [-0.1, -0.05) is 18.2 Å². The maximum atomic E-state index is 14.9. The van der Waals surface area contributed by atoms with Crippen molar-refractivity contribution >= 4 is 46.5 Å². The third-order valence-electron chi connectivity index (χ3n) is 4.66. The fourth-order valence-corrected chi connectivity index (χ4v) is 3.34. The molecule has 1 N–H and O–H groups in total. The first-order valence-corrected chi connectivity index (χ1v) is 12.2. The quantitative estimate of drug-likeness (QED) is 0.416. The minimum atomic E-state index is -1.16. The summed E-state index contributed by atoms with van der Waals surface area (Å²) in [5.74, 6) is -1.88. The Hall–Kier alpha value is -3.86. The van der Waals surface area contributed by atoms with E-state index < -0.39 is 41.1 Å². The van der Waals surface area contributed by atoms with Crippen LogP contribution in [-0.4, -0.2) is 44.2 Å². The Morgan fingerprint density at radius 3 is 2.05 bits per heavy atom. The van der Waals surface area contributed by atoms with Crippen molar-refractivity contribution in [1.29, 1.82) is 0 Å². The predicted octanol–water partition coefficient (Wildman–Crippen LogP) is 5.51. The molecule has 0 aliphatic rings. The second kappa shape index (κ2) is 11.3. The lowest BCUT2D eigenvalue weighted by Crippen LogP contribution is -2.45. The molecule has 0 atom stereocenters. The van der Waals surface area contributed by atoms with Crippen LogP contribution in [0.25, 0.3) is 10.9 Å². The lowest BCUT2D eigenvalue weighted by atomic mass is 10.1. The summed E-state index contributed by atoms with van der Waals surface area (Å²) >= 11 is 5.83. The van der Waals surface area contributed by atoms with E-state index in [9.17, 15) is 18.8 Å². The summed E-state index contributed by atoms with van der Waals surface area (Å²) in [7, 11) is 0. The number of nitrogens with zero attached hydrogens (tertiary/aromatic N) is 4. The minimum absolute atomic E-state index is 0.0154. The van der Waals surface area contributed by atoms with Crippen LogP contribution < -0.4 is 10.2 Å². The van der Waals surface area contributed by atoms with Gasteiger partial charge in [-0.25, -0.2) is 23.9 Å². The summed E-state index contributed by atoms with van der Waals surface area (Å²) < 4.78 is 25.6. The Bertz CT molecular complexity index is 1340. The topological polar surface area (TPSA) is 124 Å². The predicted molar refractivity (Wildman–Crippen MR) is 139 cm³/mol. The number of ether oxygens (including phenoxy) is 2. The van der Waals surface area contributed by atoms with E-state index in [4.69, 9.17) is 21.1 Å². The molecule has 3 amide bonds. The first kappa shape index (κ1) is 28.7. The van der Waals surface area contributed by atoms with Gasteiger partial charge in [-0.2, -0.15) is 0 Å². The number of fused-ring (bicyclic) bond motifs is 1. The number of nitrogens with one attached hydrogen (secondary N) is 1. The number of aromatic nitrogens is 3. The molecular weight excluding hydrogens is 517 g/mol. The maximum Gasteiger partial charge on any atom is 0.427 e. The molecule has 0 aliphatic carbocycles. The number of imide groups is 1. The van der Waals surface area contributed by atoms with Gasteiger partial charge in [0.1, 0.15) is 28.2 Å². The number of carbonyl (C=O) groups excluding carboxylic acids is 3. The summed E-state index contributed by atoms with van der Waals surface area (Å²) in [4.78, 5) is 52.4. The molecule has 0 bridgehead atoms. The van der Waals surface area contributed by atoms with Crippen molar-refractivity contribution in [2.24, 2.45) is 0 Å². The maximum absolute atomic E-state index is 14.9. The fraction of sp³-hybridized carbons (Fsp3) is 0.385. The van der Waals surface area contributed by atoms with E-state index in [2.05, 4.69) is 20.3 Å². The van der Waals surface area contributed by atoms with Gasteiger partial charge in [-0.05, 0) is 59.7 Å². The van der Waals surface area contributed by atoms with E-state index in [0.717, 1.165) is 6.07 Å². The molecule has 0 saturated heterocycles. The molecule has 0 saturated carbocycles. The van der Waals surface area contributed by atoms with Crippen LogP contribution in [0.2, 0.25) is 0 Å². The fourth-order valence-electron chi connectivity index (χ4n) is 3.19. The molecule has 1 aromatic carbocycles. The van der Waals surface area contributed by atoms with Crippen LogP contribution in [0.1, 0.15) is 63.4 Å². The van der Waals surface area contributed by atoms with Crippen molar-refractivity contribution in [2.45, 2.75) is 65.2 Å². The second-order valence-corrected chi connectivity index (χ2v) is 10.5. The van der Waals surface area contributed by atoms with Gasteiger partial charge in [0.05, 0.1) is 23.8 Å². The molecule has 2 heterocycles. The number of para-hydroxylation sites is 1. The Morgan fingerprint density at radius 1 is 0.895 bits per heavy atom. The molecule has 3 aromatic rings. The van der Waals surface area contributed by atoms with Gasteiger partial charge in [-0.15, -0.1) is 16.5 Å². The number of rotatable bonds is 5. The number of anilines is 1. The van der Waals surface area contributed by atoms with Crippen LogP contribution in [0.15, 0.2) is 36.4 Å². The highest BCUT2D eigenvalue weighted by Crippen LogP contribution is 2.25. The summed E-state index contributed by atoms with van der Waals surface area (Å²) in [5, 5.41) is 2.74. The van der Waals surface area contributed by atoms with Crippen molar-refractivity contribution in [1.82, 2.24) is 20.3 Å². The van der Waals surface area contributed by atoms with Crippen LogP contribution in [-0.2, 0) is 21.9 Å².